The van der Waals surface area contributed by atoms with Crippen LogP contribution >= 0.6 is 11.6 Å². The SMILES string of the molecule is CC(C)c1c(C(=O)Nc2ccccc2F)cnn1-c1cccc(Cl)c1. The largest absolute Gasteiger partial charge is 0.319 e. The highest BCUT2D eigenvalue weighted by Crippen LogP contribution is 2.25. The van der Waals surface area contributed by atoms with Crippen LogP contribution in [0.3, 0.4) is 0 Å². The third-order valence-electron chi connectivity index (χ3n) is 3.77. The molecule has 0 aliphatic carbocycles. The lowest BCUT2D eigenvalue weighted by Gasteiger charge is -2.13. The molecule has 1 heterocycles. The zero-order valence-electron chi connectivity index (χ0n) is 13.8. The van der Waals surface area contributed by atoms with Gasteiger partial charge in [0.2, 0.25) is 0 Å². The van der Waals surface area contributed by atoms with Crippen molar-refractivity contribution in [3.63, 3.8) is 0 Å². The molecular formula is C19H17ClFN3O. The maximum atomic E-state index is 13.8. The first kappa shape index (κ1) is 17.2. The number of para-hydroxylation sites is 1. The van der Waals surface area contributed by atoms with Gasteiger partial charge in [0.25, 0.3) is 5.91 Å². The predicted octanol–water partition coefficient (Wildman–Crippen LogP) is 5.04. The van der Waals surface area contributed by atoms with Gasteiger partial charge < -0.3 is 5.32 Å². The van der Waals surface area contributed by atoms with Crippen molar-refractivity contribution < 1.29 is 9.18 Å². The molecule has 0 unspecified atom stereocenters. The molecule has 0 saturated carbocycles. The molecule has 0 saturated heterocycles. The van der Waals surface area contributed by atoms with Gasteiger partial charge in [-0.25, -0.2) is 9.07 Å². The Morgan fingerprint density at radius 2 is 1.96 bits per heavy atom. The number of nitrogens with zero attached hydrogens (tertiary/aromatic N) is 2. The van der Waals surface area contributed by atoms with Crippen LogP contribution in [-0.4, -0.2) is 15.7 Å². The Morgan fingerprint density at radius 1 is 1.20 bits per heavy atom. The minimum absolute atomic E-state index is 0.0304. The van der Waals surface area contributed by atoms with Crippen molar-refractivity contribution in [3.8, 4) is 5.69 Å². The van der Waals surface area contributed by atoms with Crippen molar-refractivity contribution in [2.75, 3.05) is 5.32 Å². The average molecular weight is 358 g/mol. The average Bonchev–Trinajstić information content (AvgIpc) is 3.02. The van der Waals surface area contributed by atoms with Gasteiger partial charge in [0.05, 0.1) is 28.8 Å². The number of anilines is 1. The molecule has 128 valence electrons. The van der Waals surface area contributed by atoms with Crippen molar-refractivity contribution in [1.82, 2.24) is 9.78 Å². The molecule has 0 atom stereocenters. The molecule has 3 rings (SSSR count). The molecule has 0 spiro atoms. The van der Waals surface area contributed by atoms with Gasteiger partial charge in [-0.1, -0.05) is 43.6 Å². The molecule has 6 heteroatoms. The summed E-state index contributed by atoms with van der Waals surface area (Å²) in [5.41, 5.74) is 2.04. The second-order valence-electron chi connectivity index (χ2n) is 5.92. The van der Waals surface area contributed by atoms with Gasteiger partial charge in [-0.2, -0.15) is 5.10 Å². The van der Waals surface area contributed by atoms with Gasteiger partial charge >= 0.3 is 0 Å². The van der Waals surface area contributed by atoms with Gasteiger partial charge in [-0.3, -0.25) is 4.79 Å². The molecule has 0 aliphatic heterocycles. The lowest BCUT2D eigenvalue weighted by Crippen LogP contribution is -2.16. The molecule has 1 amide bonds. The van der Waals surface area contributed by atoms with E-state index in [1.807, 2.05) is 26.0 Å². The number of rotatable bonds is 4. The fourth-order valence-corrected chi connectivity index (χ4v) is 2.84. The van der Waals surface area contributed by atoms with Crippen LogP contribution in [0.1, 0.15) is 35.8 Å². The summed E-state index contributed by atoms with van der Waals surface area (Å²) in [6.45, 7) is 3.94. The van der Waals surface area contributed by atoms with Crippen LogP contribution < -0.4 is 5.32 Å². The van der Waals surface area contributed by atoms with Gasteiger partial charge in [-0.15, -0.1) is 0 Å². The molecule has 0 radical (unpaired) electrons. The van der Waals surface area contributed by atoms with Crippen LogP contribution in [0.2, 0.25) is 5.02 Å². The second kappa shape index (κ2) is 7.07. The maximum Gasteiger partial charge on any atom is 0.259 e. The Labute approximate surface area is 150 Å². The topological polar surface area (TPSA) is 46.9 Å². The van der Waals surface area contributed by atoms with Crippen molar-refractivity contribution in [3.05, 3.63) is 76.8 Å². The summed E-state index contributed by atoms with van der Waals surface area (Å²) in [7, 11) is 0. The van der Waals surface area contributed by atoms with E-state index in [1.54, 1.807) is 28.9 Å². The summed E-state index contributed by atoms with van der Waals surface area (Å²) in [5, 5.41) is 7.53. The van der Waals surface area contributed by atoms with Crippen LogP contribution in [0.5, 0.6) is 0 Å². The van der Waals surface area contributed by atoms with Crippen LogP contribution in [0.4, 0.5) is 10.1 Å². The van der Waals surface area contributed by atoms with Crippen molar-refractivity contribution in [2.24, 2.45) is 0 Å². The molecule has 1 N–H and O–H groups in total. The van der Waals surface area contributed by atoms with Gasteiger partial charge in [0.15, 0.2) is 0 Å². The van der Waals surface area contributed by atoms with Crippen molar-refractivity contribution in [1.29, 1.82) is 0 Å². The van der Waals surface area contributed by atoms with E-state index < -0.39 is 11.7 Å². The fraction of sp³-hybridized carbons (Fsp3) is 0.158. The van der Waals surface area contributed by atoms with Crippen molar-refractivity contribution in [2.45, 2.75) is 19.8 Å². The number of carbonyl (C=O) groups is 1. The quantitative estimate of drug-likeness (QED) is 0.711. The smallest absolute Gasteiger partial charge is 0.259 e. The number of amides is 1. The van der Waals surface area contributed by atoms with E-state index in [9.17, 15) is 9.18 Å². The van der Waals surface area contributed by atoms with Crippen molar-refractivity contribution >= 4 is 23.2 Å². The standard InChI is InChI=1S/C19H17ClFN3O/c1-12(2)18-15(19(25)23-17-9-4-3-8-16(17)21)11-22-24(18)14-7-5-6-13(20)10-14/h3-12H,1-2H3,(H,23,25). The highest BCUT2D eigenvalue weighted by Gasteiger charge is 2.21. The molecular weight excluding hydrogens is 341 g/mol. The number of benzene rings is 2. The Bertz CT molecular complexity index is 921. The number of hydrogen-bond donors (Lipinski definition) is 1. The fourth-order valence-electron chi connectivity index (χ4n) is 2.65. The summed E-state index contributed by atoms with van der Waals surface area (Å²) in [6.07, 6.45) is 1.49. The molecule has 0 aliphatic rings. The molecule has 25 heavy (non-hydrogen) atoms. The summed E-state index contributed by atoms with van der Waals surface area (Å²) < 4.78 is 15.5. The first-order valence-corrected chi connectivity index (χ1v) is 8.25. The first-order chi connectivity index (χ1) is 12.0. The van der Waals surface area contributed by atoms with Crippen LogP contribution in [-0.2, 0) is 0 Å². The van der Waals surface area contributed by atoms with Gasteiger partial charge in [0.1, 0.15) is 5.82 Å². The zero-order valence-corrected chi connectivity index (χ0v) is 14.6. The normalized spacial score (nSPS) is 10.9. The van der Waals surface area contributed by atoms with Gasteiger partial charge in [0, 0.05) is 5.02 Å². The summed E-state index contributed by atoms with van der Waals surface area (Å²) in [5.74, 6) is -0.853. The molecule has 2 aromatic carbocycles. The number of hydrogen-bond acceptors (Lipinski definition) is 2. The van der Waals surface area contributed by atoms with E-state index in [4.69, 9.17) is 11.6 Å². The number of aromatic nitrogens is 2. The Hall–Kier alpha value is -2.66. The summed E-state index contributed by atoms with van der Waals surface area (Å²) in [4.78, 5) is 12.6. The van der Waals surface area contributed by atoms with E-state index >= 15 is 0 Å². The first-order valence-electron chi connectivity index (χ1n) is 7.87. The summed E-state index contributed by atoms with van der Waals surface area (Å²) >= 11 is 6.06. The minimum atomic E-state index is -0.482. The zero-order chi connectivity index (χ0) is 18.0. The highest BCUT2D eigenvalue weighted by molar-refractivity contribution is 6.30. The third kappa shape index (κ3) is 3.56. The van der Waals surface area contributed by atoms with E-state index in [0.29, 0.717) is 10.6 Å². The minimum Gasteiger partial charge on any atom is -0.319 e. The molecule has 4 nitrogen and oxygen atoms in total. The summed E-state index contributed by atoms with van der Waals surface area (Å²) in [6, 6.07) is 13.3. The van der Waals surface area contributed by atoms with Crippen LogP contribution in [0.15, 0.2) is 54.7 Å². The molecule has 3 aromatic rings. The number of halogens is 2. The maximum absolute atomic E-state index is 13.8. The Kier molecular flexibility index (Phi) is 4.86. The molecule has 0 bridgehead atoms. The number of carbonyl (C=O) groups excluding carboxylic acids is 1. The second-order valence-corrected chi connectivity index (χ2v) is 6.36. The van der Waals surface area contributed by atoms with E-state index in [1.165, 1.54) is 18.3 Å². The van der Waals surface area contributed by atoms with E-state index in [2.05, 4.69) is 10.4 Å². The van der Waals surface area contributed by atoms with Gasteiger partial charge in [-0.05, 0) is 36.2 Å². The van der Waals surface area contributed by atoms with Crippen LogP contribution in [0.25, 0.3) is 5.69 Å². The Morgan fingerprint density at radius 3 is 2.64 bits per heavy atom. The highest BCUT2D eigenvalue weighted by atomic mass is 35.5. The molecule has 0 fully saturated rings. The predicted molar refractivity (Wildman–Crippen MR) is 97.0 cm³/mol. The molecule has 1 aromatic heterocycles. The monoisotopic (exact) mass is 357 g/mol. The van der Waals surface area contributed by atoms with E-state index in [-0.39, 0.29) is 11.6 Å². The lowest BCUT2D eigenvalue weighted by atomic mass is 10.0. The van der Waals surface area contributed by atoms with Crippen LogP contribution in [0, 0.1) is 5.82 Å². The van der Waals surface area contributed by atoms with E-state index in [0.717, 1.165) is 11.4 Å². The Balaban J connectivity index is 2.00. The number of nitrogens with one attached hydrogen (secondary N) is 1. The lowest BCUT2D eigenvalue weighted by molar-refractivity contribution is 0.102. The third-order valence-corrected chi connectivity index (χ3v) is 4.01.